The van der Waals surface area contributed by atoms with Gasteiger partial charge in [0.05, 0.1) is 11.1 Å². The number of rotatable bonds is 7. The first-order chi connectivity index (χ1) is 34.2. The normalized spacial score (nSPS) is 12.8. The third kappa shape index (κ3) is 5.92. The van der Waals surface area contributed by atoms with Crippen LogP contribution >= 0.6 is 0 Å². The molecule has 2 nitrogen and oxygen atoms in total. The first kappa shape index (κ1) is 39.2. The van der Waals surface area contributed by atoms with Crippen LogP contribution < -0.4 is 4.90 Å². The summed E-state index contributed by atoms with van der Waals surface area (Å²) >= 11 is 0. The number of nitrogens with zero attached hydrogens (tertiary/aromatic N) is 1. The minimum Gasteiger partial charge on any atom is -0.455 e. The molecule has 0 aliphatic heterocycles. The Balaban J connectivity index is 1.00. The van der Waals surface area contributed by atoms with Crippen LogP contribution in [0.1, 0.15) is 22.3 Å². The Kier molecular flexibility index (Phi) is 8.84. The molecule has 1 heterocycles. The summed E-state index contributed by atoms with van der Waals surface area (Å²) in [4.78, 5) is 2.48. The fourth-order valence-electron chi connectivity index (χ4n) is 11.8. The lowest BCUT2D eigenvalue weighted by Crippen LogP contribution is -2.28. The van der Waals surface area contributed by atoms with Gasteiger partial charge in [0.2, 0.25) is 0 Å². The number of fused-ring (bicyclic) bond motifs is 11. The Bertz CT molecular complexity index is 4090. The maximum Gasteiger partial charge on any atom is 0.143 e. The molecule has 0 N–H and O–H groups in total. The summed E-state index contributed by atoms with van der Waals surface area (Å²) in [6.07, 6.45) is 0. The number of hydrogen-bond acceptors (Lipinski definition) is 2. The van der Waals surface area contributed by atoms with Crippen molar-refractivity contribution in [2.45, 2.75) is 5.41 Å². The molecule has 14 rings (SSSR count). The Labute approximate surface area is 400 Å². The van der Waals surface area contributed by atoms with Crippen LogP contribution in [0.3, 0.4) is 0 Å². The minimum atomic E-state index is -0.539. The summed E-state index contributed by atoms with van der Waals surface area (Å²) in [6.45, 7) is 0. The summed E-state index contributed by atoms with van der Waals surface area (Å²) in [5.74, 6) is 0. The molecule has 0 atom stereocenters. The number of furan rings is 1. The van der Waals surface area contributed by atoms with Gasteiger partial charge in [-0.2, -0.15) is 0 Å². The van der Waals surface area contributed by atoms with E-state index in [2.05, 4.69) is 266 Å². The van der Waals surface area contributed by atoms with Crippen molar-refractivity contribution in [1.29, 1.82) is 0 Å². The molecule has 0 fully saturated rings. The topological polar surface area (TPSA) is 16.4 Å². The Morgan fingerprint density at radius 3 is 1.72 bits per heavy atom. The van der Waals surface area contributed by atoms with Crippen molar-refractivity contribution in [2.75, 3.05) is 4.90 Å². The third-order valence-corrected chi connectivity index (χ3v) is 14.7. The average molecular weight is 878 g/mol. The maximum atomic E-state index is 6.71. The van der Waals surface area contributed by atoms with E-state index in [-0.39, 0.29) is 0 Å². The first-order valence-electron chi connectivity index (χ1n) is 23.8. The Hall–Kier alpha value is -8.98. The van der Waals surface area contributed by atoms with E-state index in [9.17, 15) is 0 Å². The van der Waals surface area contributed by atoms with Gasteiger partial charge in [-0.15, -0.1) is 0 Å². The molecule has 2 heteroatoms. The van der Waals surface area contributed by atoms with E-state index in [1.807, 2.05) is 0 Å². The SMILES string of the molecule is c1ccc(C2(c3ccccc3)c3ccccc3-c3c(N(c4ccc(-c5cccc6c5ccc5ccccc56)cc4)c4cccc(-c5cccc6oc7c8ccccc8ccc7c56)c4)cccc32)cc1. The van der Waals surface area contributed by atoms with E-state index >= 15 is 0 Å². The predicted molar refractivity (Wildman–Crippen MR) is 289 cm³/mol. The predicted octanol–water partition coefficient (Wildman–Crippen LogP) is 18.2. The van der Waals surface area contributed by atoms with Crippen molar-refractivity contribution in [3.8, 4) is 33.4 Å². The Morgan fingerprint density at radius 2 is 0.928 bits per heavy atom. The molecule has 0 bridgehead atoms. The molecule has 0 radical (unpaired) electrons. The molecule has 1 aliphatic carbocycles. The second-order valence-corrected chi connectivity index (χ2v) is 18.3. The fraction of sp³-hybridized carbons (Fsp3) is 0.0149. The summed E-state index contributed by atoms with van der Waals surface area (Å²) in [5, 5.41) is 9.57. The largest absolute Gasteiger partial charge is 0.455 e. The molecular formula is C67H43NO. The number of benzene rings is 12. The summed E-state index contributed by atoms with van der Waals surface area (Å²) < 4.78 is 6.71. The van der Waals surface area contributed by atoms with Crippen molar-refractivity contribution in [3.05, 3.63) is 283 Å². The molecule has 12 aromatic carbocycles. The zero-order valence-corrected chi connectivity index (χ0v) is 37.7. The van der Waals surface area contributed by atoms with Crippen LogP contribution in [0.25, 0.3) is 87.6 Å². The lowest BCUT2D eigenvalue weighted by molar-refractivity contribution is 0.673. The second kappa shape index (κ2) is 15.6. The molecule has 0 saturated heterocycles. The quantitative estimate of drug-likeness (QED) is 0.148. The van der Waals surface area contributed by atoms with Gasteiger partial charge in [-0.3, -0.25) is 0 Å². The molecule has 0 spiro atoms. The lowest BCUT2D eigenvalue weighted by Gasteiger charge is -2.34. The van der Waals surface area contributed by atoms with Gasteiger partial charge in [-0.25, -0.2) is 0 Å². The zero-order chi connectivity index (χ0) is 45.5. The van der Waals surface area contributed by atoms with Crippen LogP contribution in [-0.2, 0) is 5.41 Å². The third-order valence-electron chi connectivity index (χ3n) is 14.7. The van der Waals surface area contributed by atoms with Crippen LogP contribution in [0.2, 0.25) is 0 Å². The standard InChI is InChI=1S/C67H43NO/c1-3-20-48(21-4-1)67(49-22-5-2-6-23-49)60-31-12-11-27-58(60)65-61(67)32-16-33-62(65)68(50-39-35-46(36-40-50)53-28-14-30-56-52-25-9-7-17-44(52)37-41-57(53)56)51-24-13-19-47(43-51)54-29-15-34-63-64(54)59-42-38-45-18-8-10-26-55(45)66(59)69-63/h1-43H. The van der Waals surface area contributed by atoms with Crippen molar-refractivity contribution >= 4 is 71.3 Å². The van der Waals surface area contributed by atoms with Gasteiger partial charge >= 0.3 is 0 Å². The minimum absolute atomic E-state index is 0.539. The highest BCUT2D eigenvalue weighted by Gasteiger charge is 2.47. The van der Waals surface area contributed by atoms with Gasteiger partial charge in [0, 0.05) is 33.1 Å². The average Bonchev–Trinajstić information content (AvgIpc) is 3.97. The van der Waals surface area contributed by atoms with E-state index in [0.29, 0.717) is 0 Å². The molecule has 13 aromatic rings. The molecule has 1 aromatic heterocycles. The highest BCUT2D eigenvalue weighted by molar-refractivity contribution is 6.19. The van der Waals surface area contributed by atoms with Crippen LogP contribution in [0.4, 0.5) is 17.1 Å². The van der Waals surface area contributed by atoms with Crippen LogP contribution in [0, 0.1) is 0 Å². The molecular weight excluding hydrogens is 835 g/mol. The van der Waals surface area contributed by atoms with Crippen molar-refractivity contribution in [3.63, 3.8) is 0 Å². The molecule has 0 saturated carbocycles. The summed E-state index contributed by atoms with van der Waals surface area (Å²) in [7, 11) is 0. The highest BCUT2D eigenvalue weighted by Crippen LogP contribution is 2.59. The maximum absolute atomic E-state index is 6.71. The molecule has 322 valence electrons. The smallest absolute Gasteiger partial charge is 0.143 e. The van der Waals surface area contributed by atoms with E-state index < -0.39 is 5.41 Å². The van der Waals surface area contributed by atoms with E-state index in [4.69, 9.17) is 4.42 Å². The lowest BCUT2D eigenvalue weighted by atomic mass is 9.68. The summed E-state index contributed by atoms with van der Waals surface area (Å²) in [6, 6.07) is 95.7. The van der Waals surface area contributed by atoms with Gasteiger partial charge in [0.25, 0.3) is 0 Å². The monoisotopic (exact) mass is 877 g/mol. The van der Waals surface area contributed by atoms with E-state index in [1.165, 1.54) is 71.4 Å². The molecule has 1 aliphatic rings. The Morgan fingerprint density at radius 1 is 0.333 bits per heavy atom. The second-order valence-electron chi connectivity index (χ2n) is 18.3. The van der Waals surface area contributed by atoms with Gasteiger partial charge in [0.1, 0.15) is 11.2 Å². The number of hydrogen-bond donors (Lipinski definition) is 0. The van der Waals surface area contributed by atoms with Crippen LogP contribution in [0.15, 0.2) is 265 Å². The van der Waals surface area contributed by atoms with Crippen molar-refractivity contribution in [1.82, 2.24) is 0 Å². The fourth-order valence-corrected chi connectivity index (χ4v) is 11.8. The van der Waals surface area contributed by atoms with Gasteiger partial charge in [0.15, 0.2) is 0 Å². The van der Waals surface area contributed by atoms with Gasteiger partial charge in [-0.05, 0) is 119 Å². The molecule has 0 unspecified atom stereocenters. The first-order valence-corrected chi connectivity index (χ1v) is 23.8. The van der Waals surface area contributed by atoms with E-state index in [0.717, 1.165) is 55.5 Å². The van der Waals surface area contributed by atoms with Crippen LogP contribution in [-0.4, -0.2) is 0 Å². The zero-order valence-electron chi connectivity index (χ0n) is 37.7. The van der Waals surface area contributed by atoms with Crippen molar-refractivity contribution < 1.29 is 4.42 Å². The number of anilines is 3. The van der Waals surface area contributed by atoms with Crippen molar-refractivity contribution in [2.24, 2.45) is 0 Å². The van der Waals surface area contributed by atoms with Gasteiger partial charge < -0.3 is 9.32 Å². The summed E-state index contributed by atoms with van der Waals surface area (Å²) in [5.41, 5.74) is 16.7. The van der Waals surface area contributed by atoms with E-state index in [1.54, 1.807) is 0 Å². The molecule has 69 heavy (non-hydrogen) atoms. The van der Waals surface area contributed by atoms with Gasteiger partial charge in [-0.1, -0.05) is 218 Å². The molecule has 0 amide bonds. The highest BCUT2D eigenvalue weighted by atomic mass is 16.3. The van der Waals surface area contributed by atoms with Crippen LogP contribution in [0.5, 0.6) is 0 Å².